The summed E-state index contributed by atoms with van der Waals surface area (Å²) >= 11 is 0. The molecule has 1 aromatic rings. The van der Waals surface area contributed by atoms with E-state index < -0.39 is 8.07 Å². The van der Waals surface area contributed by atoms with Crippen molar-refractivity contribution in [3.63, 3.8) is 0 Å². The summed E-state index contributed by atoms with van der Waals surface area (Å²) < 4.78 is 0. The second-order valence-electron chi connectivity index (χ2n) is 3.55. The van der Waals surface area contributed by atoms with Crippen LogP contribution in [0.2, 0.25) is 18.1 Å². The van der Waals surface area contributed by atoms with E-state index in [0.29, 0.717) is 0 Å². The van der Waals surface area contributed by atoms with Crippen molar-refractivity contribution in [3.05, 3.63) is 30.3 Å². The summed E-state index contributed by atoms with van der Waals surface area (Å²) in [6, 6.07) is 16.6. The number of hydrogen-bond acceptors (Lipinski definition) is 0. The van der Waals surface area contributed by atoms with Gasteiger partial charge in [-0.25, -0.2) is 0 Å². The van der Waals surface area contributed by atoms with E-state index in [1.54, 1.807) is 0 Å². The van der Waals surface area contributed by atoms with Crippen LogP contribution in [-0.2, 0) is 0 Å². The van der Waals surface area contributed by atoms with Gasteiger partial charge in [0.1, 0.15) is 0 Å². The average Bonchev–Trinajstić information content (AvgIpc) is 2.23. The zero-order chi connectivity index (χ0) is 9.73. The Bertz CT molecular complexity index is 228. The topological polar surface area (TPSA) is 0 Å². The molecule has 0 radical (unpaired) electrons. The Hall–Kier alpha value is -0.743. The van der Waals surface area contributed by atoms with E-state index in [-0.39, 0.29) is 0 Å². The maximum Gasteiger partial charge on any atom is 0.0967 e. The third-order valence-corrected chi connectivity index (χ3v) is 8.75. The van der Waals surface area contributed by atoms with Crippen LogP contribution in [-0.4, -0.2) is 8.07 Å². The highest BCUT2D eigenvalue weighted by Crippen LogP contribution is 2.18. The predicted molar refractivity (Wildman–Crippen MR) is 60.9 cm³/mol. The Morgan fingerprint density at radius 2 is 1.77 bits per heavy atom. The van der Waals surface area contributed by atoms with Crippen molar-refractivity contribution in [1.29, 1.82) is 0 Å². The Morgan fingerprint density at radius 3 is 2.15 bits per heavy atom. The van der Waals surface area contributed by atoms with Crippen LogP contribution < -0.4 is 5.19 Å². The first-order valence-corrected chi connectivity index (χ1v) is 7.80. The van der Waals surface area contributed by atoms with Gasteiger partial charge in [-0.05, 0) is 11.3 Å². The summed E-state index contributed by atoms with van der Waals surface area (Å²) in [5.74, 6) is 0. The second kappa shape index (κ2) is 4.48. The first kappa shape index (κ1) is 10.3. The lowest BCUT2D eigenvalue weighted by Crippen LogP contribution is -2.45. The Labute approximate surface area is 83.0 Å². The molecule has 13 heavy (non-hydrogen) atoms. The van der Waals surface area contributed by atoms with E-state index in [9.17, 15) is 0 Å². The lowest BCUT2D eigenvalue weighted by molar-refractivity contribution is 1.19. The van der Waals surface area contributed by atoms with Gasteiger partial charge >= 0.3 is 0 Å². The molecule has 1 heteroatoms. The summed E-state index contributed by atoms with van der Waals surface area (Å²) in [6.45, 7) is 6.96. The molecule has 0 aromatic heterocycles. The molecule has 1 rings (SSSR count). The van der Waals surface area contributed by atoms with E-state index in [1.807, 2.05) is 6.07 Å². The number of hydrogen-bond donors (Lipinski definition) is 0. The molecule has 0 amide bonds. The smallest absolute Gasteiger partial charge is 0.0713 e. The van der Waals surface area contributed by atoms with Gasteiger partial charge in [0.25, 0.3) is 0 Å². The summed E-state index contributed by atoms with van der Waals surface area (Å²) in [4.78, 5) is 0. The Kier molecular flexibility index (Phi) is 3.56. The van der Waals surface area contributed by atoms with Crippen molar-refractivity contribution < 1.29 is 0 Å². The van der Waals surface area contributed by atoms with Gasteiger partial charge in [-0.3, -0.25) is 0 Å². The fraction of sp³-hybridized carbons (Fsp3) is 0.500. The maximum atomic E-state index is 3.30. The SMILES string of the molecule is CC[Si](CC)(CC)c1c#cccc1. The molecule has 0 heterocycles. The fourth-order valence-corrected chi connectivity index (χ4v) is 5.41. The lowest BCUT2D eigenvalue weighted by Gasteiger charge is -2.26. The highest BCUT2D eigenvalue weighted by molar-refractivity contribution is 6.91. The van der Waals surface area contributed by atoms with Crippen LogP contribution in [0, 0.1) is 12.1 Å². The van der Waals surface area contributed by atoms with Gasteiger partial charge < -0.3 is 0 Å². The summed E-state index contributed by atoms with van der Waals surface area (Å²) in [6.07, 6.45) is 0. The molecule has 0 aliphatic carbocycles. The van der Waals surface area contributed by atoms with Crippen LogP contribution >= 0.6 is 0 Å². The molecule has 0 fully saturated rings. The largest absolute Gasteiger partial charge is 0.0967 e. The minimum atomic E-state index is -1.18. The fourth-order valence-electron chi connectivity index (χ4n) is 1.98. The molecular formula is C12H18Si. The van der Waals surface area contributed by atoms with Crippen molar-refractivity contribution in [2.75, 3.05) is 0 Å². The van der Waals surface area contributed by atoms with E-state index in [0.717, 1.165) is 0 Å². The van der Waals surface area contributed by atoms with Gasteiger partial charge in [0, 0.05) is 0 Å². The lowest BCUT2D eigenvalue weighted by atomic mass is 10.4. The minimum Gasteiger partial charge on any atom is -0.0713 e. The summed E-state index contributed by atoms with van der Waals surface area (Å²) in [5, 5.41) is 1.46. The second-order valence-corrected chi connectivity index (χ2v) is 8.77. The first-order valence-electron chi connectivity index (χ1n) is 5.18. The molecule has 0 aliphatic rings. The minimum absolute atomic E-state index is 1.18. The first-order chi connectivity index (χ1) is 6.29. The quantitative estimate of drug-likeness (QED) is 0.640. The molecule has 1 aromatic carbocycles. The standard InChI is InChI=1S/C12H18Si/c1-4-13(5-2,6-3)12-10-8-7-9-11-12/h7-8,10H,4-6H2,1-3H3. The Morgan fingerprint density at radius 1 is 1.15 bits per heavy atom. The maximum absolute atomic E-state index is 3.30. The number of rotatable bonds is 4. The van der Waals surface area contributed by atoms with Crippen LogP contribution in [0.4, 0.5) is 0 Å². The van der Waals surface area contributed by atoms with E-state index >= 15 is 0 Å². The van der Waals surface area contributed by atoms with Crippen LogP contribution in [0.15, 0.2) is 18.2 Å². The van der Waals surface area contributed by atoms with E-state index in [1.165, 1.54) is 23.3 Å². The highest BCUT2D eigenvalue weighted by Gasteiger charge is 2.28. The van der Waals surface area contributed by atoms with Crippen LogP contribution in [0.1, 0.15) is 20.8 Å². The summed E-state index contributed by atoms with van der Waals surface area (Å²) in [7, 11) is -1.18. The van der Waals surface area contributed by atoms with Crippen molar-refractivity contribution >= 4 is 13.3 Å². The zero-order valence-electron chi connectivity index (χ0n) is 8.85. The highest BCUT2D eigenvalue weighted by atomic mass is 28.3. The summed E-state index contributed by atoms with van der Waals surface area (Å²) in [5.41, 5.74) is 0. The molecule has 70 valence electrons. The average molecular weight is 190 g/mol. The molecule has 0 saturated carbocycles. The third kappa shape index (κ3) is 1.95. The molecule has 0 bridgehead atoms. The van der Waals surface area contributed by atoms with Gasteiger partial charge in [0.15, 0.2) is 0 Å². The molecule has 0 unspecified atom stereocenters. The van der Waals surface area contributed by atoms with Gasteiger partial charge in [-0.15, -0.1) is 0 Å². The van der Waals surface area contributed by atoms with Gasteiger partial charge in [-0.1, -0.05) is 63.2 Å². The molecule has 0 spiro atoms. The molecule has 0 nitrogen and oxygen atoms in total. The van der Waals surface area contributed by atoms with E-state index in [4.69, 9.17) is 0 Å². The molecule has 0 saturated heterocycles. The van der Waals surface area contributed by atoms with Crippen molar-refractivity contribution in [2.45, 2.75) is 38.9 Å². The molecule has 0 atom stereocenters. The van der Waals surface area contributed by atoms with Gasteiger partial charge in [-0.2, -0.15) is 0 Å². The monoisotopic (exact) mass is 190 g/mol. The van der Waals surface area contributed by atoms with Gasteiger partial charge in [0.05, 0.1) is 8.07 Å². The predicted octanol–water partition coefficient (Wildman–Crippen LogP) is 3.00. The van der Waals surface area contributed by atoms with Crippen LogP contribution in [0.5, 0.6) is 0 Å². The molecular weight excluding hydrogens is 172 g/mol. The third-order valence-electron chi connectivity index (χ3n) is 3.25. The van der Waals surface area contributed by atoms with Gasteiger partial charge in [0.2, 0.25) is 0 Å². The van der Waals surface area contributed by atoms with Crippen LogP contribution in [0.3, 0.4) is 0 Å². The molecule has 0 aliphatic heterocycles. The van der Waals surface area contributed by atoms with Crippen molar-refractivity contribution in [1.82, 2.24) is 0 Å². The normalized spacial score (nSPS) is 11.0. The van der Waals surface area contributed by atoms with E-state index in [2.05, 4.69) is 45.0 Å². The van der Waals surface area contributed by atoms with Crippen LogP contribution in [0.25, 0.3) is 0 Å². The Balaban J connectivity index is 3.01. The van der Waals surface area contributed by atoms with Crippen molar-refractivity contribution in [3.8, 4) is 0 Å². The zero-order valence-corrected chi connectivity index (χ0v) is 9.85. The van der Waals surface area contributed by atoms with Crippen molar-refractivity contribution in [2.24, 2.45) is 0 Å². The molecule has 0 N–H and O–H groups in total.